The van der Waals surface area contributed by atoms with Crippen molar-refractivity contribution in [2.75, 3.05) is 31.5 Å². The Kier molecular flexibility index (Phi) is 8.37. The molecule has 2 N–H and O–H groups in total. The minimum atomic E-state index is -0.421. The number of aliphatic hydroxyl groups excluding tert-OH is 1. The maximum absolute atomic E-state index is 10.7. The van der Waals surface area contributed by atoms with Crippen LogP contribution in [0.25, 0.3) is 11.1 Å². The number of piperidine rings is 1. The summed E-state index contributed by atoms with van der Waals surface area (Å²) in [6.45, 7) is 5.52. The van der Waals surface area contributed by atoms with Crippen LogP contribution in [-0.4, -0.2) is 58.4 Å². The molecule has 1 unspecified atom stereocenters. The van der Waals surface area contributed by atoms with Gasteiger partial charge in [-0.25, -0.2) is 9.97 Å². The molecule has 1 saturated heterocycles. The Balaban J connectivity index is 0.000000917. The molecule has 1 atom stereocenters. The van der Waals surface area contributed by atoms with Crippen LogP contribution in [0, 0.1) is 6.92 Å². The molecule has 0 bridgehead atoms. The van der Waals surface area contributed by atoms with E-state index in [2.05, 4.69) is 59.6 Å². The highest BCUT2D eigenvalue weighted by Gasteiger charge is 2.26. The Morgan fingerprint density at radius 1 is 1.06 bits per heavy atom. The van der Waals surface area contributed by atoms with Crippen molar-refractivity contribution in [1.82, 2.24) is 14.9 Å². The molecule has 2 aromatic carbocycles. The molecule has 1 aromatic heterocycles. The van der Waals surface area contributed by atoms with Crippen molar-refractivity contribution in [3.63, 3.8) is 0 Å². The van der Waals surface area contributed by atoms with Gasteiger partial charge in [0, 0.05) is 31.5 Å². The number of β-amino-alcohol motifs (C(OH)–C–C–N with tert-alkyl or cyclic N) is 1. The highest BCUT2D eigenvalue weighted by atomic mass is 16.3. The van der Waals surface area contributed by atoms with E-state index >= 15 is 0 Å². The minimum Gasteiger partial charge on any atom is -0.390 e. The zero-order valence-electron chi connectivity index (χ0n) is 20.2. The van der Waals surface area contributed by atoms with Crippen molar-refractivity contribution < 1.29 is 14.7 Å². The summed E-state index contributed by atoms with van der Waals surface area (Å²) >= 11 is 0. The van der Waals surface area contributed by atoms with Crippen LogP contribution in [0.1, 0.15) is 47.5 Å². The second-order valence-electron chi connectivity index (χ2n) is 9.29. The number of likely N-dealkylation sites (tertiary alicyclic amines) is 1. The van der Waals surface area contributed by atoms with E-state index in [-0.39, 0.29) is 6.15 Å². The second kappa shape index (κ2) is 11.8. The Morgan fingerprint density at radius 2 is 1.80 bits per heavy atom. The van der Waals surface area contributed by atoms with Gasteiger partial charge in [0.1, 0.15) is 11.6 Å². The number of rotatable bonds is 7. The van der Waals surface area contributed by atoms with Gasteiger partial charge in [-0.05, 0) is 49.5 Å². The predicted molar refractivity (Wildman–Crippen MR) is 134 cm³/mol. The zero-order chi connectivity index (χ0) is 24.6. The molecule has 2 heterocycles. The number of nitrogens with one attached hydrogen (secondary N) is 1. The number of aryl methyl sites for hydroxylation is 1. The van der Waals surface area contributed by atoms with E-state index in [0.29, 0.717) is 19.5 Å². The molecular formula is C28H32N4O3. The van der Waals surface area contributed by atoms with Crippen LogP contribution in [0.4, 0.5) is 5.82 Å². The van der Waals surface area contributed by atoms with E-state index in [0.717, 1.165) is 42.4 Å². The standard InChI is InChI=1S/C27H32N4O.CO2/c1-19-10-11-23-21(14-19)16-24-26(23)27(28-17-22(32)18-31-12-6-3-7-13-31)30-25(29-24)15-20-8-4-2-5-9-20;2-1-3/h2,4-5,8-11,14,22,32H,3,6-7,12-13,15-18H2,1H3,(H,28,29,30);. The van der Waals surface area contributed by atoms with Gasteiger partial charge in [-0.2, -0.15) is 9.59 Å². The van der Waals surface area contributed by atoms with Gasteiger partial charge in [0.05, 0.1) is 11.8 Å². The number of fused-ring (bicyclic) bond motifs is 3. The van der Waals surface area contributed by atoms with E-state index < -0.39 is 6.10 Å². The van der Waals surface area contributed by atoms with Crippen molar-refractivity contribution in [3.8, 4) is 11.1 Å². The first-order valence-electron chi connectivity index (χ1n) is 12.2. The van der Waals surface area contributed by atoms with Gasteiger partial charge in [0.25, 0.3) is 0 Å². The fourth-order valence-electron chi connectivity index (χ4n) is 4.97. The molecule has 1 aliphatic heterocycles. The quantitative estimate of drug-likeness (QED) is 0.424. The Labute approximate surface area is 206 Å². The molecule has 1 fully saturated rings. The molecule has 0 radical (unpaired) electrons. The maximum atomic E-state index is 10.7. The Morgan fingerprint density at radius 3 is 2.54 bits per heavy atom. The number of aliphatic hydroxyl groups is 1. The first-order valence-corrected chi connectivity index (χ1v) is 12.2. The van der Waals surface area contributed by atoms with Crippen molar-refractivity contribution in [2.45, 2.75) is 45.1 Å². The highest BCUT2D eigenvalue weighted by Crippen LogP contribution is 2.40. The normalized spacial score (nSPS) is 15.3. The van der Waals surface area contributed by atoms with Gasteiger partial charge in [-0.3, -0.25) is 0 Å². The lowest BCUT2D eigenvalue weighted by Crippen LogP contribution is -2.39. The molecule has 0 spiro atoms. The maximum Gasteiger partial charge on any atom is 0.373 e. The van der Waals surface area contributed by atoms with Crippen molar-refractivity contribution in [1.29, 1.82) is 0 Å². The number of aromatic nitrogens is 2. The van der Waals surface area contributed by atoms with E-state index in [9.17, 15) is 5.11 Å². The lowest BCUT2D eigenvalue weighted by molar-refractivity contribution is -0.191. The molecule has 35 heavy (non-hydrogen) atoms. The number of hydrogen-bond donors (Lipinski definition) is 2. The average Bonchev–Trinajstić information content (AvgIpc) is 3.21. The minimum absolute atomic E-state index is 0.250. The third-order valence-electron chi connectivity index (χ3n) is 6.55. The topological polar surface area (TPSA) is 95.4 Å². The largest absolute Gasteiger partial charge is 0.390 e. The summed E-state index contributed by atoms with van der Waals surface area (Å²) in [4.78, 5) is 28.5. The van der Waals surface area contributed by atoms with Crippen LogP contribution in [0.15, 0.2) is 48.5 Å². The van der Waals surface area contributed by atoms with E-state index in [4.69, 9.17) is 19.6 Å². The predicted octanol–water partition coefficient (Wildman–Crippen LogP) is 3.62. The van der Waals surface area contributed by atoms with Crippen LogP contribution in [0.2, 0.25) is 0 Å². The molecule has 5 rings (SSSR count). The van der Waals surface area contributed by atoms with Gasteiger partial charge in [-0.1, -0.05) is 60.5 Å². The van der Waals surface area contributed by atoms with Crippen LogP contribution in [0.5, 0.6) is 0 Å². The molecule has 2 aliphatic rings. The number of anilines is 1. The average molecular weight is 473 g/mol. The number of carbonyl (C=O) groups excluding carboxylic acids is 2. The zero-order valence-corrected chi connectivity index (χ0v) is 20.2. The van der Waals surface area contributed by atoms with Crippen LogP contribution in [-0.2, 0) is 22.4 Å². The van der Waals surface area contributed by atoms with Crippen molar-refractivity contribution in [3.05, 3.63) is 76.7 Å². The first kappa shape index (κ1) is 24.7. The van der Waals surface area contributed by atoms with Crippen LogP contribution in [0.3, 0.4) is 0 Å². The molecule has 0 amide bonds. The third-order valence-corrected chi connectivity index (χ3v) is 6.55. The SMILES string of the molecule is Cc1ccc2c(c1)Cc1nc(Cc3ccccc3)nc(NCC(O)CN3CCCCC3)c1-2.O=C=O. The molecular weight excluding hydrogens is 440 g/mol. The van der Waals surface area contributed by atoms with Crippen LogP contribution < -0.4 is 5.32 Å². The number of benzene rings is 2. The molecule has 7 heteroatoms. The Bertz CT molecular complexity index is 1170. The van der Waals surface area contributed by atoms with Gasteiger partial charge in [0.2, 0.25) is 0 Å². The fourth-order valence-corrected chi connectivity index (χ4v) is 4.97. The fraction of sp³-hybridized carbons (Fsp3) is 0.393. The summed E-state index contributed by atoms with van der Waals surface area (Å²) in [6.07, 6.45) is 5.14. The van der Waals surface area contributed by atoms with Crippen molar-refractivity contribution in [2.24, 2.45) is 0 Å². The molecule has 0 saturated carbocycles. The van der Waals surface area contributed by atoms with Gasteiger partial charge in [-0.15, -0.1) is 0 Å². The summed E-state index contributed by atoms with van der Waals surface area (Å²) in [6, 6.07) is 17.0. The summed E-state index contributed by atoms with van der Waals surface area (Å²) in [5, 5.41) is 14.2. The summed E-state index contributed by atoms with van der Waals surface area (Å²) < 4.78 is 0. The van der Waals surface area contributed by atoms with Gasteiger partial charge in [0.15, 0.2) is 0 Å². The number of hydrogen-bond acceptors (Lipinski definition) is 7. The summed E-state index contributed by atoms with van der Waals surface area (Å²) in [5.74, 6) is 1.67. The Hall–Kier alpha value is -3.38. The van der Waals surface area contributed by atoms with Gasteiger partial charge < -0.3 is 15.3 Å². The lowest BCUT2D eigenvalue weighted by atomic mass is 10.0. The van der Waals surface area contributed by atoms with E-state index in [1.54, 1.807) is 0 Å². The molecule has 1 aliphatic carbocycles. The lowest BCUT2D eigenvalue weighted by Gasteiger charge is -2.28. The highest BCUT2D eigenvalue weighted by molar-refractivity contribution is 5.84. The first-order chi connectivity index (χ1) is 17.1. The van der Waals surface area contributed by atoms with Crippen molar-refractivity contribution >= 4 is 12.0 Å². The molecule has 7 nitrogen and oxygen atoms in total. The third kappa shape index (κ3) is 6.40. The smallest absolute Gasteiger partial charge is 0.373 e. The summed E-state index contributed by atoms with van der Waals surface area (Å²) in [7, 11) is 0. The monoisotopic (exact) mass is 472 g/mol. The summed E-state index contributed by atoms with van der Waals surface area (Å²) in [5.41, 5.74) is 7.17. The number of nitrogens with zero attached hydrogens (tertiary/aromatic N) is 3. The van der Waals surface area contributed by atoms with Gasteiger partial charge >= 0.3 is 6.15 Å². The van der Waals surface area contributed by atoms with Crippen LogP contribution >= 0.6 is 0 Å². The van der Waals surface area contributed by atoms with E-state index in [1.165, 1.54) is 41.5 Å². The molecule has 182 valence electrons. The molecule has 3 aromatic rings. The second-order valence-corrected chi connectivity index (χ2v) is 9.29. The van der Waals surface area contributed by atoms with E-state index in [1.807, 2.05) is 6.07 Å².